The molecular formula is C17H19FN4O3. The molecule has 8 heteroatoms. The van der Waals surface area contributed by atoms with Gasteiger partial charge in [-0.3, -0.25) is 4.79 Å². The minimum Gasteiger partial charge on any atom is -0.477 e. The average Bonchev–Trinajstić information content (AvgIpc) is 3.32. The maximum Gasteiger partial charge on any atom is 0.341 e. The summed E-state index contributed by atoms with van der Waals surface area (Å²) in [7, 11) is 0. The van der Waals surface area contributed by atoms with Crippen molar-refractivity contribution in [1.82, 2.24) is 9.55 Å². The number of fused-ring (bicyclic) bond motifs is 1. The number of halogens is 1. The van der Waals surface area contributed by atoms with Crippen LogP contribution >= 0.6 is 0 Å². The Bertz CT molecular complexity index is 938. The highest BCUT2D eigenvalue weighted by atomic mass is 19.1. The highest BCUT2D eigenvalue weighted by Gasteiger charge is 2.32. The summed E-state index contributed by atoms with van der Waals surface area (Å²) in [5.74, 6) is -2.10. The summed E-state index contributed by atoms with van der Waals surface area (Å²) >= 11 is 0. The molecule has 2 unspecified atom stereocenters. The number of anilines is 1. The lowest BCUT2D eigenvalue weighted by Gasteiger charge is -2.24. The monoisotopic (exact) mass is 346 g/mol. The van der Waals surface area contributed by atoms with E-state index in [2.05, 4.69) is 4.98 Å². The van der Waals surface area contributed by atoms with Gasteiger partial charge in [0.15, 0.2) is 0 Å². The van der Waals surface area contributed by atoms with Gasteiger partial charge in [0, 0.05) is 30.9 Å². The minimum atomic E-state index is -1.33. The fourth-order valence-electron chi connectivity index (χ4n) is 3.65. The van der Waals surface area contributed by atoms with Gasteiger partial charge in [0.2, 0.25) is 11.4 Å². The van der Waals surface area contributed by atoms with Crippen molar-refractivity contribution >= 4 is 22.7 Å². The first kappa shape index (κ1) is 16.0. The predicted octanol–water partition coefficient (Wildman–Crippen LogP) is 1.49. The van der Waals surface area contributed by atoms with E-state index in [4.69, 9.17) is 5.73 Å². The third kappa shape index (κ3) is 2.57. The van der Waals surface area contributed by atoms with Crippen LogP contribution in [0.25, 0.3) is 11.0 Å². The second-order valence-electron chi connectivity index (χ2n) is 6.98. The van der Waals surface area contributed by atoms with E-state index in [9.17, 15) is 19.1 Å². The molecule has 1 saturated heterocycles. The average molecular weight is 346 g/mol. The molecule has 0 spiro atoms. The van der Waals surface area contributed by atoms with E-state index >= 15 is 0 Å². The van der Waals surface area contributed by atoms with Crippen molar-refractivity contribution in [2.24, 2.45) is 5.73 Å². The molecule has 2 aromatic rings. The molecule has 0 aromatic carbocycles. The Hall–Kier alpha value is -2.48. The van der Waals surface area contributed by atoms with Crippen LogP contribution in [-0.4, -0.2) is 39.3 Å². The van der Waals surface area contributed by atoms with E-state index in [0.717, 1.165) is 19.3 Å². The topological polar surface area (TPSA) is 101 Å². The molecule has 2 aromatic heterocycles. The fourth-order valence-corrected chi connectivity index (χ4v) is 3.65. The normalized spacial score (nSPS) is 23.4. The Morgan fingerprint density at radius 3 is 2.72 bits per heavy atom. The van der Waals surface area contributed by atoms with Crippen LogP contribution in [0.3, 0.4) is 0 Å². The SMILES string of the molecule is CC1CC(N)CN1c1cc2c(nc1F)c(=O)c(C(=O)O)cn2C1CC1. The van der Waals surface area contributed by atoms with Crippen LogP contribution in [0, 0.1) is 5.95 Å². The van der Waals surface area contributed by atoms with Crippen molar-refractivity contribution in [1.29, 1.82) is 0 Å². The molecule has 1 saturated carbocycles. The van der Waals surface area contributed by atoms with Gasteiger partial charge in [-0.2, -0.15) is 4.39 Å². The molecule has 2 fully saturated rings. The lowest BCUT2D eigenvalue weighted by molar-refractivity contribution is 0.0694. The largest absolute Gasteiger partial charge is 0.477 e. The zero-order chi connectivity index (χ0) is 17.9. The van der Waals surface area contributed by atoms with Crippen LogP contribution in [-0.2, 0) is 0 Å². The Kier molecular flexibility index (Phi) is 3.54. The quantitative estimate of drug-likeness (QED) is 0.817. The maximum atomic E-state index is 14.6. The van der Waals surface area contributed by atoms with Crippen molar-refractivity contribution in [2.45, 2.75) is 44.3 Å². The van der Waals surface area contributed by atoms with Gasteiger partial charge in [-0.05, 0) is 32.3 Å². The number of pyridine rings is 2. The second-order valence-corrected chi connectivity index (χ2v) is 6.98. The van der Waals surface area contributed by atoms with Gasteiger partial charge in [-0.15, -0.1) is 0 Å². The summed E-state index contributed by atoms with van der Waals surface area (Å²) in [6.07, 6.45) is 3.90. The number of rotatable bonds is 3. The van der Waals surface area contributed by atoms with E-state index in [0.29, 0.717) is 17.7 Å². The number of aromatic nitrogens is 2. The van der Waals surface area contributed by atoms with Gasteiger partial charge in [-0.25, -0.2) is 9.78 Å². The summed E-state index contributed by atoms with van der Waals surface area (Å²) in [6.45, 7) is 2.49. The van der Waals surface area contributed by atoms with Gasteiger partial charge in [-0.1, -0.05) is 0 Å². The lowest BCUT2D eigenvalue weighted by atomic mass is 10.2. The van der Waals surface area contributed by atoms with E-state index in [1.165, 1.54) is 6.20 Å². The molecule has 7 nitrogen and oxygen atoms in total. The van der Waals surface area contributed by atoms with Crippen LogP contribution in [0.5, 0.6) is 0 Å². The van der Waals surface area contributed by atoms with Gasteiger partial charge < -0.3 is 20.3 Å². The molecule has 0 bridgehead atoms. The number of carboxylic acid groups (broad SMARTS) is 1. The fraction of sp³-hybridized carbons (Fsp3) is 0.471. The van der Waals surface area contributed by atoms with Crippen molar-refractivity contribution < 1.29 is 14.3 Å². The Morgan fingerprint density at radius 1 is 1.44 bits per heavy atom. The molecule has 132 valence electrons. The minimum absolute atomic E-state index is 0.0369. The van der Waals surface area contributed by atoms with Crippen molar-refractivity contribution in [2.75, 3.05) is 11.4 Å². The van der Waals surface area contributed by atoms with E-state index in [1.807, 2.05) is 11.8 Å². The summed E-state index contributed by atoms with van der Waals surface area (Å²) in [4.78, 5) is 29.5. The Balaban J connectivity index is 1.96. The summed E-state index contributed by atoms with van der Waals surface area (Å²) in [5.41, 5.74) is 5.49. The molecular weight excluding hydrogens is 327 g/mol. The predicted molar refractivity (Wildman–Crippen MR) is 90.6 cm³/mol. The van der Waals surface area contributed by atoms with Gasteiger partial charge in [0.1, 0.15) is 11.1 Å². The van der Waals surface area contributed by atoms with E-state index in [1.54, 1.807) is 10.6 Å². The second kappa shape index (κ2) is 5.52. The molecule has 3 heterocycles. The molecule has 0 radical (unpaired) electrons. The smallest absolute Gasteiger partial charge is 0.341 e. The lowest BCUT2D eigenvalue weighted by Crippen LogP contribution is -2.30. The van der Waals surface area contributed by atoms with Crippen molar-refractivity contribution in [3.8, 4) is 0 Å². The Labute approximate surface area is 142 Å². The van der Waals surface area contributed by atoms with Crippen LogP contribution in [0.4, 0.5) is 10.1 Å². The number of nitrogens with two attached hydrogens (primary N) is 1. The number of carboxylic acids is 1. The van der Waals surface area contributed by atoms with Crippen molar-refractivity contribution in [3.05, 3.63) is 34.0 Å². The van der Waals surface area contributed by atoms with Crippen LogP contribution < -0.4 is 16.1 Å². The molecule has 1 aliphatic heterocycles. The number of nitrogens with zero attached hydrogens (tertiary/aromatic N) is 3. The third-order valence-electron chi connectivity index (χ3n) is 5.03. The standard InChI is InChI=1S/C17H19FN4O3/c1-8-4-9(19)6-21(8)13-5-12-14(20-16(13)18)15(23)11(17(24)25)7-22(12)10-2-3-10/h5,7-10H,2-4,6,19H2,1H3,(H,24,25). The molecule has 25 heavy (non-hydrogen) atoms. The number of hydrogen-bond donors (Lipinski definition) is 2. The molecule has 4 rings (SSSR count). The molecule has 2 aliphatic rings. The van der Waals surface area contributed by atoms with Gasteiger partial charge >= 0.3 is 5.97 Å². The summed E-state index contributed by atoms with van der Waals surface area (Å²) in [5, 5.41) is 9.26. The molecule has 0 amide bonds. The van der Waals surface area contributed by atoms with Gasteiger partial charge in [0.05, 0.1) is 11.2 Å². The molecule has 1 aliphatic carbocycles. The van der Waals surface area contributed by atoms with Gasteiger partial charge in [0.25, 0.3) is 0 Å². The summed E-state index contributed by atoms with van der Waals surface area (Å²) in [6, 6.07) is 1.77. The van der Waals surface area contributed by atoms with E-state index < -0.39 is 17.3 Å². The first-order valence-corrected chi connectivity index (χ1v) is 8.37. The first-order valence-electron chi connectivity index (χ1n) is 8.37. The van der Waals surface area contributed by atoms with Crippen LogP contribution in [0.1, 0.15) is 42.6 Å². The highest BCUT2D eigenvalue weighted by molar-refractivity contribution is 5.92. The molecule has 2 atom stereocenters. The van der Waals surface area contributed by atoms with Crippen LogP contribution in [0.15, 0.2) is 17.1 Å². The number of carbonyl (C=O) groups is 1. The number of hydrogen-bond acceptors (Lipinski definition) is 5. The van der Waals surface area contributed by atoms with E-state index in [-0.39, 0.29) is 29.2 Å². The highest BCUT2D eigenvalue weighted by Crippen LogP contribution is 2.38. The number of aromatic carboxylic acids is 1. The first-order chi connectivity index (χ1) is 11.9. The summed E-state index contributed by atoms with van der Waals surface area (Å²) < 4.78 is 16.4. The zero-order valence-corrected chi connectivity index (χ0v) is 13.8. The van der Waals surface area contributed by atoms with Crippen molar-refractivity contribution in [3.63, 3.8) is 0 Å². The van der Waals surface area contributed by atoms with Crippen LogP contribution in [0.2, 0.25) is 0 Å². The zero-order valence-electron chi connectivity index (χ0n) is 13.8. The molecule has 3 N–H and O–H groups in total. The maximum absolute atomic E-state index is 14.6. The Morgan fingerprint density at radius 2 is 2.16 bits per heavy atom. The third-order valence-corrected chi connectivity index (χ3v) is 5.03.